The van der Waals surface area contributed by atoms with Gasteiger partial charge < -0.3 is 19.6 Å². The summed E-state index contributed by atoms with van der Waals surface area (Å²) in [6, 6.07) is 20.0. The van der Waals surface area contributed by atoms with Gasteiger partial charge in [-0.15, -0.1) is 12.8 Å². The number of Topliss-reactive ketones (excluding diaryl/α,β-unsaturated/α-hetero) is 1. The molecular formula is C28H45NO4. The lowest BCUT2D eigenvalue weighted by Crippen LogP contribution is -2.16. The van der Waals surface area contributed by atoms with Crippen molar-refractivity contribution in [2.45, 2.75) is 48.0 Å². The van der Waals surface area contributed by atoms with Crippen molar-refractivity contribution in [2.24, 2.45) is 5.92 Å². The fraction of sp³-hybridized carbons (Fsp3) is 0.429. The number of aryl methyl sites for hydroxylation is 1. The Bertz CT molecular complexity index is 611. The summed E-state index contributed by atoms with van der Waals surface area (Å²) in [6.45, 7) is 12.9. The summed E-state index contributed by atoms with van der Waals surface area (Å²) < 4.78 is 9.59. The molecule has 0 aliphatic heterocycles. The minimum absolute atomic E-state index is 0.287. The molecule has 0 bridgehead atoms. The van der Waals surface area contributed by atoms with Crippen LogP contribution in [0.25, 0.3) is 0 Å². The number of ketones is 1. The second-order valence-corrected chi connectivity index (χ2v) is 6.54. The average Bonchev–Trinajstić information content (AvgIpc) is 2.84. The molecule has 2 rings (SSSR count). The molecule has 0 saturated heterocycles. The molecule has 0 heterocycles. The number of nitrogens with one attached hydrogen (secondary N) is 1. The van der Waals surface area contributed by atoms with Gasteiger partial charge >= 0.3 is 0 Å². The number of amides is 1. The molecule has 0 aromatic heterocycles. The molecule has 33 heavy (non-hydrogen) atoms. The Kier molecular flexibility index (Phi) is 37.8. The Morgan fingerprint density at radius 1 is 0.970 bits per heavy atom. The topological polar surface area (TPSA) is 64.6 Å². The molecular weight excluding hydrogens is 414 g/mol. The lowest BCUT2D eigenvalue weighted by Gasteiger charge is -1.97. The molecule has 0 unspecified atom stereocenters. The molecule has 0 fully saturated rings. The predicted octanol–water partition coefficient (Wildman–Crippen LogP) is 5.97. The van der Waals surface area contributed by atoms with E-state index in [4.69, 9.17) is 4.74 Å². The first kappa shape index (κ1) is 37.2. The summed E-state index contributed by atoms with van der Waals surface area (Å²) >= 11 is 0. The van der Waals surface area contributed by atoms with E-state index in [2.05, 4.69) is 29.8 Å². The zero-order valence-corrected chi connectivity index (χ0v) is 21.8. The number of carbonyl (C=O) groups is 2. The van der Waals surface area contributed by atoms with E-state index in [1.807, 2.05) is 88.4 Å². The molecule has 1 amide bonds. The number of terminal acetylenes is 1. The van der Waals surface area contributed by atoms with E-state index in [1.165, 1.54) is 5.56 Å². The number of carbonyl (C=O) groups excluding carboxylic acids is 2. The van der Waals surface area contributed by atoms with Crippen molar-refractivity contribution in [1.29, 1.82) is 0 Å². The van der Waals surface area contributed by atoms with Gasteiger partial charge in [-0.2, -0.15) is 0 Å². The van der Waals surface area contributed by atoms with E-state index >= 15 is 0 Å². The lowest BCUT2D eigenvalue weighted by molar-refractivity contribution is -0.117. The second-order valence-electron chi connectivity index (χ2n) is 6.54. The molecule has 0 atom stereocenters. The molecule has 2 aromatic rings. The maximum absolute atomic E-state index is 10.3. The van der Waals surface area contributed by atoms with Crippen LogP contribution in [-0.4, -0.2) is 39.6 Å². The quantitative estimate of drug-likeness (QED) is 0.315. The number of hydrogen-bond acceptors (Lipinski definition) is 4. The van der Waals surface area contributed by atoms with E-state index in [9.17, 15) is 9.59 Å². The minimum atomic E-state index is 0.287. The Morgan fingerprint density at radius 3 is 1.64 bits per heavy atom. The van der Waals surface area contributed by atoms with Gasteiger partial charge in [-0.3, -0.25) is 4.79 Å². The largest absolute Gasteiger partial charge is 0.497 e. The molecule has 2 aromatic carbocycles. The molecule has 0 saturated carbocycles. The summed E-state index contributed by atoms with van der Waals surface area (Å²) in [5.41, 5.74) is 1.26. The molecule has 0 spiro atoms. The number of methoxy groups -OCH3 is 2. The third kappa shape index (κ3) is 39.9. The van der Waals surface area contributed by atoms with Crippen LogP contribution in [0, 0.1) is 25.7 Å². The summed E-state index contributed by atoms with van der Waals surface area (Å²) in [5, 5.41) is 2.44. The van der Waals surface area contributed by atoms with E-state index in [0.29, 0.717) is 25.5 Å². The number of rotatable bonds is 7. The number of ether oxygens (including phenoxy) is 2. The zero-order valence-electron chi connectivity index (χ0n) is 21.8. The normalized spacial score (nSPS) is 7.97. The van der Waals surface area contributed by atoms with Crippen molar-refractivity contribution in [3.8, 4) is 18.6 Å². The Labute approximate surface area is 202 Å². The van der Waals surface area contributed by atoms with Crippen molar-refractivity contribution < 1.29 is 19.1 Å². The van der Waals surface area contributed by atoms with Crippen LogP contribution in [0.3, 0.4) is 0 Å². The molecule has 5 heteroatoms. The van der Waals surface area contributed by atoms with Crippen LogP contribution in [0.5, 0.6) is 5.75 Å². The van der Waals surface area contributed by atoms with Crippen LogP contribution in [0.4, 0.5) is 0 Å². The highest BCUT2D eigenvalue weighted by atomic mass is 16.5. The fourth-order valence-electron chi connectivity index (χ4n) is 1.85. The average molecular weight is 460 g/mol. The Balaban J connectivity index is -0.000000163. The van der Waals surface area contributed by atoms with Crippen molar-refractivity contribution in [2.75, 3.05) is 27.4 Å². The van der Waals surface area contributed by atoms with Gasteiger partial charge in [0.1, 0.15) is 11.5 Å². The zero-order chi connectivity index (χ0) is 26.3. The third-order valence-corrected chi connectivity index (χ3v) is 3.15. The Morgan fingerprint density at radius 2 is 1.39 bits per heavy atom. The van der Waals surface area contributed by atoms with Gasteiger partial charge in [0.25, 0.3) is 0 Å². The van der Waals surface area contributed by atoms with Gasteiger partial charge in [0.15, 0.2) is 0 Å². The first-order chi connectivity index (χ1) is 15.9. The van der Waals surface area contributed by atoms with E-state index in [1.54, 1.807) is 21.1 Å². The van der Waals surface area contributed by atoms with E-state index in [-0.39, 0.29) is 5.78 Å². The van der Waals surface area contributed by atoms with Gasteiger partial charge in [-0.25, -0.2) is 0 Å². The Hall–Kier alpha value is -3.10. The predicted molar refractivity (Wildman–Crippen MR) is 141 cm³/mol. The van der Waals surface area contributed by atoms with Crippen molar-refractivity contribution in [1.82, 2.24) is 5.32 Å². The summed E-state index contributed by atoms with van der Waals surface area (Å²) in [6.07, 6.45) is 9.37. The standard InChI is InChI=1S/C8H10O.C6H12O.C6H6.C4H9NO2.C2H6.C2H2/c1-7-3-5-8(9-2)6-4-7;1-5(2)4-6(3)7;1-2-4-6-5-3-1;1-7-3-2-5-4-6;2*1-2/h3-6H,1-2H3;5H,4H2,1-3H3;1-6H;4H,2-3H2,1H3,(H,5,6);1-2H3;1-2H. The first-order valence-corrected chi connectivity index (χ1v) is 11.0. The van der Waals surface area contributed by atoms with Crippen LogP contribution in [0.1, 0.15) is 46.6 Å². The smallest absolute Gasteiger partial charge is 0.207 e. The highest BCUT2D eigenvalue weighted by Crippen LogP contribution is 2.09. The molecule has 0 aliphatic rings. The first-order valence-electron chi connectivity index (χ1n) is 11.0. The summed E-state index contributed by atoms with van der Waals surface area (Å²) in [7, 11) is 3.26. The SMILES string of the molecule is C#C.CC.CC(=O)CC(C)C.COCCNC=O.COc1ccc(C)cc1.c1ccccc1. The summed E-state index contributed by atoms with van der Waals surface area (Å²) in [5.74, 6) is 1.73. The maximum Gasteiger partial charge on any atom is 0.207 e. The molecule has 5 nitrogen and oxygen atoms in total. The van der Waals surface area contributed by atoms with Crippen molar-refractivity contribution >= 4 is 12.2 Å². The lowest BCUT2D eigenvalue weighted by atomic mass is 10.1. The van der Waals surface area contributed by atoms with Gasteiger partial charge in [-0.05, 0) is 31.9 Å². The van der Waals surface area contributed by atoms with Crippen LogP contribution in [0.15, 0.2) is 60.7 Å². The monoisotopic (exact) mass is 459 g/mol. The fourth-order valence-corrected chi connectivity index (χ4v) is 1.85. The van der Waals surface area contributed by atoms with Crippen molar-refractivity contribution in [3.05, 3.63) is 66.2 Å². The highest BCUT2D eigenvalue weighted by Gasteiger charge is 1.95. The minimum Gasteiger partial charge on any atom is -0.497 e. The van der Waals surface area contributed by atoms with Gasteiger partial charge in [-0.1, -0.05) is 81.8 Å². The number of hydrogen-bond donors (Lipinski definition) is 1. The summed E-state index contributed by atoms with van der Waals surface area (Å²) in [4.78, 5) is 19.8. The van der Waals surface area contributed by atoms with Crippen LogP contribution in [-0.2, 0) is 14.3 Å². The number of benzene rings is 2. The van der Waals surface area contributed by atoms with Crippen LogP contribution in [0.2, 0.25) is 0 Å². The van der Waals surface area contributed by atoms with Crippen LogP contribution >= 0.6 is 0 Å². The second kappa shape index (κ2) is 33.5. The van der Waals surface area contributed by atoms with Crippen LogP contribution < -0.4 is 10.1 Å². The molecule has 0 aliphatic carbocycles. The highest BCUT2D eigenvalue weighted by molar-refractivity contribution is 5.75. The molecule has 1 N–H and O–H groups in total. The molecule has 0 radical (unpaired) electrons. The molecule has 186 valence electrons. The van der Waals surface area contributed by atoms with E-state index < -0.39 is 0 Å². The van der Waals surface area contributed by atoms with Gasteiger partial charge in [0, 0.05) is 20.1 Å². The van der Waals surface area contributed by atoms with Gasteiger partial charge in [0.2, 0.25) is 6.41 Å². The maximum atomic E-state index is 10.3. The van der Waals surface area contributed by atoms with Crippen molar-refractivity contribution in [3.63, 3.8) is 0 Å². The third-order valence-electron chi connectivity index (χ3n) is 3.15. The van der Waals surface area contributed by atoms with E-state index in [0.717, 1.165) is 12.2 Å². The van der Waals surface area contributed by atoms with Gasteiger partial charge in [0.05, 0.1) is 13.7 Å².